The molecule has 0 spiro atoms. The minimum Gasteiger partial charge on any atom is -0.392 e. The third-order valence-corrected chi connectivity index (χ3v) is 2.48. The first-order valence-electron chi connectivity index (χ1n) is 5.33. The molecule has 0 aromatic carbocycles. The van der Waals surface area contributed by atoms with E-state index in [0.29, 0.717) is 12.3 Å². The molecule has 0 fully saturated rings. The smallest absolute Gasteiger partial charge is 0.0677 e. The van der Waals surface area contributed by atoms with Gasteiger partial charge in [0.15, 0.2) is 0 Å². The first-order valence-corrected chi connectivity index (χ1v) is 5.33. The van der Waals surface area contributed by atoms with Gasteiger partial charge in [-0.2, -0.15) is 0 Å². The minimum atomic E-state index is -0.219. The number of hydrogen-bond donors (Lipinski definition) is 1. The number of aliphatic hydroxyl groups excluding tert-OH is 1. The Bertz CT molecular complexity index is 164. The summed E-state index contributed by atoms with van der Waals surface area (Å²) in [6.45, 7) is 6.15. The third kappa shape index (κ3) is 5.71. The molecule has 0 aliphatic heterocycles. The van der Waals surface area contributed by atoms with Gasteiger partial charge in [0, 0.05) is 6.42 Å². The van der Waals surface area contributed by atoms with E-state index >= 15 is 0 Å². The van der Waals surface area contributed by atoms with Gasteiger partial charge in [0.2, 0.25) is 0 Å². The summed E-state index contributed by atoms with van der Waals surface area (Å²) >= 11 is 0. The molecule has 1 heteroatoms. The molecule has 0 rings (SSSR count). The lowest BCUT2D eigenvalue weighted by molar-refractivity contribution is 0.103. The molecule has 1 N–H and O–H groups in total. The molecule has 13 heavy (non-hydrogen) atoms. The second-order valence-corrected chi connectivity index (χ2v) is 3.51. The minimum absolute atomic E-state index is 0.219. The van der Waals surface area contributed by atoms with Gasteiger partial charge >= 0.3 is 0 Å². The van der Waals surface area contributed by atoms with E-state index in [1.165, 1.54) is 12.8 Å². The Morgan fingerprint density at radius 1 is 1.31 bits per heavy atom. The van der Waals surface area contributed by atoms with Gasteiger partial charge < -0.3 is 5.11 Å². The molecule has 1 nitrogen and oxygen atoms in total. The quantitative estimate of drug-likeness (QED) is 0.626. The van der Waals surface area contributed by atoms with Crippen LogP contribution in [0.2, 0.25) is 0 Å². The first-order chi connectivity index (χ1) is 6.26. The Morgan fingerprint density at radius 3 is 2.46 bits per heavy atom. The zero-order valence-electron chi connectivity index (χ0n) is 9.14. The van der Waals surface area contributed by atoms with Crippen molar-refractivity contribution in [3.8, 4) is 11.8 Å². The van der Waals surface area contributed by atoms with E-state index in [1.54, 1.807) is 0 Å². The number of aliphatic hydroxyl groups is 1. The summed E-state index contributed by atoms with van der Waals surface area (Å²) < 4.78 is 0. The topological polar surface area (TPSA) is 20.2 Å². The highest BCUT2D eigenvalue weighted by molar-refractivity contribution is 4.97. The van der Waals surface area contributed by atoms with Crippen molar-refractivity contribution in [2.75, 3.05) is 0 Å². The van der Waals surface area contributed by atoms with Gasteiger partial charge in [-0.1, -0.05) is 33.1 Å². The molecular weight excluding hydrogens is 160 g/mol. The highest BCUT2D eigenvalue weighted by Crippen LogP contribution is 2.18. The summed E-state index contributed by atoms with van der Waals surface area (Å²) in [6.07, 6.45) is 5.05. The molecule has 0 amide bonds. The number of rotatable bonds is 6. The molecule has 0 aliphatic carbocycles. The monoisotopic (exact) mass is 182 g/mol. The summed E-state index contributed by atoms with van der Waals surface area (Å²) in [4.78, 5) is 0. The summed E-state index contributed by atoms with van der Waals surface area (Å²) in [5.41, 5.74) is 0. The fourth-order valence-electron chi connectivity index (χ4n) is 1.51. The van der Waals surface area contributed by atoms with Crippen molar-refractivity contribution in [2.45, 2.75) is 59.0 Å². The van der Waals surface area contributed by atoms with Gasteiger partial charge in [-0.3, -0.25) is 0 Å². The Hall–Kier alpha value is -0.480. The van der Waals surface area contributed by atoms with E-state index in [4.69, 9.17) is 0 Å². The maximum absolute atomic E-state index is 9.76. The maximum atomic E-state index is 9.76. The Kier molecular flexibility index (Phi) is 7.83. The highest BCUT2D eigenvalue weighted by atomic mass is 16.3. The van der Waals surface area contributed by atoms with Gasteiger partial charge in [0.25, 0.3) is 0 Å². The zero-order chi connectivity index (χ0) is 10.1. The van der Waals surface area contributed by atoms with Crippen LogP contribution >= 0.6 is 0 Å². The summed E-state index contributed by atoms with van der Waals surface area (Å²) in [5, 5.41) is 9.76. The fourth-order valence-corrected chi connectivity index (χ4v) is 1.51. The van der Waals surface area contributed by atoms with Crippen LogP contribution < -0.4 is 0 Å². The average Bonchev–Trinajstić information content (AvgIpc) is 2.16. The Labute approximate surface area is 82.5 Å². The van der Waals surface area contributed by atoms with Crippen LogP contribution in [0.3, 0.4) is 0 Å². The molecule has 0 bridgehead atoms. The second-order valence-electron chi connectivity index (χ2n) is 3.51. The molecule has 0 saturated heterocycles. The van der Waals surface area contributed by atoms with Gasteiger partial charge in [-0.05, 0) is 19.3 Å². The molecule has 2 atom stereocenters. The van der Waals surface area contributed by atoms with Crippen molar-refractivity contribution in [1.82, 2.24) is 0 Å². The number of hydrogen-bond acceptors (Lipinski definition) is 1. The van der Waals surface area contributed by atoms with Crippen LogP contribution in [0.15, 0.2) is 0 Å². The number of unbranched alkanes of at least 4 members (excludes halogenated alkanes) is 1. The Morgan fingerprint density at radius 2 is 2.00 bits per heavy atom. The largest absolute Gasteiger partial charge is 0.392 e. The Balaban J connectivity index is 3.81. The van der Waals surface area contributed by atoms with Crippen molar-refractivity contribution in [2.24, 2.45) is 5.92 Å². The van der Waals surface area contributed by atoms with E-state index < -0.39 is 0 Å². The normalized spacial score (nSPS) is 14.5. The SMILES string of the molecule is CC#CCC(O)C(CC)CCCC. The lowest BCUT2D eigenvalue weighted by Gasteiger charge is -2.19. The molecule has 2 unspecified atom stereocenters. The molecule has 0 radical (unpaired) electrons. The fraction of sp³-hybridized carbons (Fsp3) is 0.833. The van der Waals surface area contributed by atoms with Gasteiger partial charge in [-0.15, -0.1) is 11.8 Å². The van der Waals surface area contributed by atoms with Gasteiger partial charge in [0.05, 0.1) is 6.10 Å². The van der Waals surface area contributed by atoms with Crippen LogP contribution in [0.1, 0.15) is 52.9 Å². The summed E-state index contributed by atoms with van der Waals surface area (Å²) in [5.74, 6) is 6.21. The van der Waals surface area contributed by atoms with E-state index in [-0.39, 0.29) is 6.10 Å². The van der Waals surface area contributed by atoms with Crippen LogP contribution in [-0.4, -0.2) is 11.2 Å². The summed E-state index contributed by atoms with van der Waals surface area (Å²) in [7, 11) is 0. The highest BCUT2D eigenvalue weighted by Gasteiger charge is 2.15. The zero-order valence-corrected chi connectivity index (χ0v) is 9.14. The second kappa shape index (κ2) is 8.13. The van der Waals surface area contributed by atoms with Crippen LogP contribution in [0, 0.1) is 17.8 Å². The van der Waals surface area contributed by atoms with Crippen molar-refractivity contribution < 1.29 is 5.11 Å². The van der Waals surface area contributed by atoms with Crippen LogP contribution in [0.4, 0.5) is 0 Å². The first kappa shape index (κ1) is 12.5. The van der Waals surface area contributed by atoms with E-state index in [1.807, 2.05) is 6.92 Å². The van der Waals surface area contributed by atoms with E-state index in [2.05, 4.69) is 25.7 Å². The van der Waals surface area contributed by atoms with Crippen molar-refractivity contribution >= 4 is 0 Å². The molecule has 76 valence electrons. The maximum Gasteiger partial charge on any atom is 0.0677 e. The van der Waals surface area contributed by atoms with Crippen molar-refractivity contribution in [1.29, 1.82) is 0 Å². The summed E-state index contributed by atoms with van der Waals surface area (Å²) in [6, 6.07) is 0. The van der Waals surface area contributed by atoms with Crippen LogP contribution in [0.25, 0.3) is 0 Å². The average molecular weight is 182 g/mol. The molecule has 0 aromatic heterocycles. The molecule has 0 aliphatic rings. The van der Waals surface area contributed by atoms with E-state index in [0.717, 1.165) is 12.8 Å². The predicted molar refractivity (Wildman–Crippen MR) is 57.4 cm³/mol. The third-order valence-electron chi connectivity index (χ3n) is 2.48. The van der Waals surface area contributed by atoms with Gasteiger partial charge in [0.1, 0.15) is 0 Å². The van der Waals surface area contributed by atoms with Crippen molar-refractivity contribution in [3.05, 3.63) is 0 Å². The van der Waals surface area contributed by atoms with Gasteiger partial charge in [-0.25, -0.2) is 0 Å². The molecule has 0 aromatic rings. The lowest BCUT2D eigenvalue weighted by Crippen LogP contribution is -2.19. The van der Waals surface area contributed by atoms with Crippen LogP contribution in [0.5, 0.6) is 0 Å². The van der Waals surface area contributed by atoms with Crippen molar-refractivity contribution in [3.63, 3.8) is 0 Å². The van der Waals surface area contributed by atoms with E-state index in [9.17, 15) is 5.11 Å². The molecule has 0 heterocycles. The lowest BCUT2D eigenvalue weighted by atomic mass is 9.92. The van der Waals surface area contributed by atoms with Crippen LogP contribution in [-0.2, 0) is 0 Å². The standard InChI is InChI=1S/C12H22O/c1-4-7-9-11(6-3)12(13)10-8-5-2/h11-13H,4,6-7,9-10H2,1-3H3. The molecular formula is C12H22O. The predicted octanol–water partition coefficient (Wildman–Crippen LogP) is 2.98. The molecule has 0 saturated carbocycles.